The molecule has 1 saturated carbocycles. The van der Waals surface area contributed by atoms with Gasteiger partial charge in [0.1, 0.15) is 18.2 Å². The predicted octanol–water partition coefficient (Wildman–Crippen LogP) is 9.18. The van der Waals surface area contributed by atoms with Gasteiger partial charge in [-0.2, -0.15) is 0 Å². The molecule has 3 aromatic carbocycles. The van der Waals surface area contributed by atoms with Crippen LogP contribution in [0.5, 0.6) is 5.75 Å². The number of carboxylic acids is 1. The maximum Gasteiger partial charge on any atom is 0.303 e. The fourth-order valence-corrected chi connectivity index (χ4v) is 5.73. The van der Waals surface area contributed by atoms with Crippen LogP contribution in [0.1, 0.15) is 80.5 Å². The Kier molecular flexibility index (Phi) is 7.57. The van der Waals surface area contributed by atoms with E-state index in [1.807, 2.05) is 36.4 Å². The third kappa shape index (κ3) is 6.05. The first-order chi connectivity index (χ1) is 18.6. The molecule has 1 fully saturated rings. The Balaban J connectivity index is 1.45. The lowest BCUT2D eigenvalue weighted by Gasteiger charge is -2.25. The minimum Gasteiger partial charge on any atom is -0.489 e. The van der Waals surface area contributed by atoms with Crippen molar-refractivity contribution in [3.8, 4) is 16.9 Å². The van der Waals surface area contributed by atoms with Gasteiger partial charge in [-0.25, -0.2) is 13.2 Å². The monoisotopic (exact) mass is 534 g/mol. The molecule has 0 bridgehead atoms. The van der Waals surface area contributed by atoms with E-state index in [1.165, 1.54) is 6.07 Å². The topological polar surface area (TPSA) is 46.5 Å². The van der Waals surface area contributed by atoms with Gasteiger partial charge in [-0.3, -0.25) is 4.79 Å². The van der Waals surface area contributed by atoms with Crippen molar-refractivity contribution in [2.45, 2.75) is 64.9 Å². The lowest BCUT2D eigenvalue weighted by Crippen LogP contribution is -2.10. The molecule has 5 rings (SSSR count). The second-order valence-electron chi connectivity index (χ2n) is 11.4. The SMILES string of the molecule is CC1(C)CCC=C1c1cc(COc2cccc([C@@H](CC(=O)O)C3CC3)c2)ccc1-c1cc(C(F)F)ccc1F. The summed E-state index contributed by atoms with van der Waals surface area (Å²) in [5.74, 6) is -0.300. The van der Waals surface area contributed by atoms with E-state index in [9.17, 15) is 23.1 Å². The highest BCUT2D eigenvalue weighted by Gasteiger charge is 2.34. The molecule has 0 saturated heterocycles. The number of halogens is 3. The molecule has 39 heavy (non-hydrogen) atoms. The Bertz CT molecular complexity index is 1410. The van der Waals surface area contributed by atoms with E-state index in [1.54, 1.807) is 6.07 Å². The number of allylic oxidation sites excluding steroid dienone is 2. The lowest BCUT2D eigenvalue weighted by atomic mass is 9.79. The van der Waals surface area contributed by atoms with Crippen LogP contribution in [0.4, 0.5) is 13.2 Å². The quantitative estimate of drug-likeness (QED) is 0.282. The molecule has 1 atom stereocenters. The molecule has 0 aromatic heterocycles. The average Bonchev–Trinajstić information content (AvgIpc) is 3.68. The zero-order valence-corrected chi connectivity index (χ0v) is 22.2. The van der Waals surface area contributed by atoms with Crippen LogP contribution >= 0.6 is 0 Å². The fraction of sp³-hybridized carbons (Fsp3) is 0.364. The number of alkyl halides is 2. The second-order valence-corrected chi connectivity index (χ2v) is 11.4. The van der Waals surface area contributed by atoms with Crippen LogP contribution in [-0.4, -0.2) is 11.1 Å². The van der Waals surface area contributed by atoms with Crippen molar-refractivity contribution in [1.29, 1.82) is 0 Å². The van der Waals surface area contributed by atoms with Gasteiger partial charge in [-0.05, 0) is 101 Å². The normalized spacial score (nSPS) is 17.2. The summed E-state index contributed by atoms with van der Waals surface area (Å²) in [7, 11) is 0. The highest BCUT2D eigenvalue weighted by atomic mass is 19.3. The third-order valence-corrected chi connectivity index (χ3v) is 8.03. The molecule has 0 unspecified atom stereocenters. The number of hydrogen-bond acceptors (Lipinski definition) is 2. The fourth-order valence-electron chi connectivity index (χ4n) is 5.73. The molecule has 204 valence electrons. The second kappa shape index (κ2) is 10.9. The van der Waals surface area contributed by atoms with E-state index in [0.717, 1.165) is 60.1 Å². The average molecular weight is 535 g/mol. The highest BCUT2D eigenvalue weighted by Crippen LogP contribution is 2.48. The number of carbonyl (C=O) groups is 1. The number of ether oxygens (including phenoxy) is 1. The number of rotatable bonds is 10. The number of carboxylic acid groups (broad SMARTS) is 1. The standard InChI is InChI=1S/C33H33F3O3/c1-33(2)14-4-7-29(33)27-15-20(8-12-25(27)28-17-23(32(35)36)11-13-30(28)34)19-39-24-6-3-5-22(16-24)26(18-31(37)38)21-9-10-21/h3,5-8,11-13,15-17,21,26,32H,4,9-10,14,18-19H2,1-2H3,(H,37,38)/t26-/m0/s1. The van der Waals surface area contributed by atoms with E-state index < -0.39 is 18.2 Å². The zero-order valence-electron chi connectivity index (χ0n) is 22.2. The van der Waals surface area contributed by atoms with Crippen LogP contribution in [0.2, 0.25) is 0 Å². The first-order valence-corrected chi connectivity index (χ1v) is 13.5. The first-order valence-electron chi connectivity index (χ1n) is 13.5. The Morgan fingerprint density at radius 3 is 2.46 bits per heavy atom. The molecule has 0 amide bonds. The van der Waals surface area contributed by atoms with Crippen molar-refractivity contribution >= 4 is 11.5 Å². The smallest absolute Gasteiger partial charge is 0.303 e. The van der Waals surface area contributed by atoms with Gasteiger partial charge in [0.2, 0.25) is 0 Å². The van der Waals surface area contributed by atoms with E-state index >= 15 is 0 Å². The maximum atomic E-state index is 15.0. The molecule has 0 spiro atoms. The summed E-state index contributed by atoms with van der Waals surface area (Å²) in [6.07, 6.45) is 3.51. The van der Waals surface area contributed by atoms with Crippen LogP contribution in [0.25, 0.3) is 16.7 Å². The summed E-state index contributed by atoms with van der Waals surface area (Å²) in [6, 6.07) is 16.7. The van der Waals surface area contributed by atoms with Crippen LogP contribution in [-0.2, 0) is 11.4 Å². The van der Waals surface area contributed by atoms with Gasteiger partial charge in [-0.1, -0.05) is 50.3 Å². The summed E-state index contributed by atoms with van der Waals surface area (Å²) in [5, 5.41) is 9.36. The predicted molar refractivity (Wildman–Crippen MR) is 146 cm³/mol. The maximum absolute atomic E-state index is 15.0. The van der Waals surface area contributed by atoms with E-state index in [4.69, 9.17) is 4.74 Å². The van der Waals surface area contributed by atoms with Gasteiger partial charge in [0.15, 0.2) is 0 Å². The Labute approximate surface area is 227 Å². The molecule has 1 N–H and O–H groups in total. The van der Waals surface area contributed by atoms with Crippen molar-refractivity contribution < 1.29 is 27.8 Å². The number of benzene rings is 3. The molecule has 2 aliphatic rings. The van der Waals surface area contributed by atoms with Crippen molar-refractivity contribution in [3.63, 3.8) is 0 Å². The van der Waals surface area contributed by atoms with E-state index in [0.29, 0.717) is 17.2 Å². The summed E-state index contributed by atoms with van der Waals surface area (Å²) in [5.41, 5.74) is 4.15. The summed E-state index contributed by atoms with van der Waals surface area (Å²) >= 11 is 0. The summed E-state index contributed by atoms with van der Waals surface area (Å²) in [4.78, 5) is 11.4. The van der Waals surface area contributed by atoms with Gasteiger partial charge in [0.05, 0.1) is 6.42 Å². The van der Waals surface area contributed by atoms with Crippen LogP contribution in [0, 0.1) is 17.2 Å². The Morgan fingerprint density at radius 1 is 1.00 bits per heavy atom. The minimum absolute atomic E-state index is 0.0210. The van der Waals surface area contributed by atoms with Gasteiger partial charge in [0.25, 0.3) is 6.43 Å². The Hall–Kier alpha value is -3.54. The third-order valence-electron chi connectivity index (χ3n) is 8.03. The van der Waals surface area contributed by atoms with Crippen molar-refractivity contribution in [2.75, 3.05) is 0 Å². The molecular formula is C33H33F3O3. The van der Waals surface area contributed by atoms with Crippen LogP contribution in [0.15, 0.2) is 66.7 Å². The van der Waals surface area contributed by atoms with Crippen LogP contribution in [0.3, 0.4) is 0 Å². The van der Waals surface area contributed by atoms with E-state index in [-0.39, 0.29) is 35.5 Å². The van der Waals surface area contributed by atoms with E-state index in [2.05, 4.69) is 19.9 Å². The van der Waals surface area contributed by atoms with Crippen molar-refractivity contribution in [3.05, 3.63) is 94.8 Å². The Morgan fingerprint density at radius 2 is 1.79 bits per heavy atom. The molecule has 3 aromatic rings. The largest absolute Gasteiger partial charge is 0.489 e. The molecule has 6 heteroatoms. The highest BCUT2D eigenvalue weighted by molar-refractivity contribution is 5.85. The molecule has 0 heterocycles. The zero-order chi connectivity index (χ0) is 27.7. The number of aliphatic carboxylic acids is 1. The molecule has 0 radical (unpaired) electrons. The van der Waals surface area contributed by atoms with Crippen molar-refractivity contribution in [2.24, 2.45) is 11.3 Å². The lowest BCUT2D eigenvalue weighted by molar-refractivity contribution is -0.137. The van der Waals surface area contributed by atoms with Gasteiger partial charge in [-0.15, -0.1) is 0 Å². The minimum atomic E-state index is -2.69. The molecule has 0 aliphatic heterocycles. The molecule has 2 aliphatic carbocycles. The first kappa shape index (κ1) is 27.0. The summed E-state index contributed by atoms with van der Waals surface area (Å²) in [6.45, 7) is 4.55. The van der Waals surface area contributed by atoms with Gasteiger partial charge >= 0.3 is 5.97 Å². The van der Waals surface area contributed by atoms with Crippen molar-refractivity contribution in [1.82, 2.24) is 0 Å². The van der Waals surface area contributed by atoms with Gasteiger partial charge < -0.3 is 9.84 Å². The molecule has 3 nitrogen and oxygen atoms in total. The van der Waals surface area contributed by atoms with Crippen LogP contribution < -0.4 is 4.74 Å². The number of hydrogen-bond donors (Lipinski definition) is 1. The molecular weight excluding hydrogens is 501 g/mol. The van der Waals surface area contributed by atoms with Gasteiger partial charge in [0, 0.05) is 11.1 Å². The summed E-state index contributed by atoms with van der Waals surface area (Å²) < 4.78 is 48.0.